The Hall–Kier alpha value is -2.80. The highest BCUT2D eigenvalue weighted by Gasteiger charge is 2.12. The van der Waals surface area contributed by atoms with E-state index >= 15 is 0 Å². The monoisotopic (exact) mass is 370 g/mol. The van der Waals surface area contributed by atoms with Crippen molar-refractivity contribution in [3.8, 4) is 17.1 Å². The summed E-state index contributed by atoms with van der Waals surface area (Å²) in [5.41, 5.74) is 1.20. The molecule has 1 aromatic heterocycles. The van der Waals surface area contributed by atoms with Gasteiger partial charge in [0.25, 0.3) is 0 Å². The molecule has 26 heavy (non-hydrogen) atoms. The summed E-state index contributed by atoms with van der Waals surface area (Å²) < 4.78 is 21.4. The third kappa shape index (κ3) is 4.23. The molecule has 1 N–H and O–H groups in total. The smallest absolute Gasteiger partial charge is 0.216 e. The molecule has 3 rings (SSSR count). The number of aromatic nitrogens is 3. The van der Waals surface area contributed by atoms with Gasteiger partial charge in [-0.15, -0.1) is 0 Å². The van der Waals surface area contributed by atoms with Crippen molar-refractivity contribution in [1.29, 1.82) is 0 Å². The van der Waals surface area contributed by atoms with Crippen LogP contribution in [0.3, 0.4) is 0 Å². The van der Waals surface area contributed by atoms with Gasteiger partial charge in [-0.2, -0.15) is 14.9 Å². The molecule has 134 valence electrons. The van der Waals surface area contributed by atoms with Gasteiger partial charge in [-0.3, -0.25) is 0 Å². The van der Waals surface area contributed by atoms with E-state index in [1.54, 1.807) is 24.4 Å². The average molecular weight is 370 g/mol. The number of nitrogens with zero attached hydrogens (tertiary/aromatic N) is 3. The number of rotatable bonds is 7. The van der Waals surface area contributed by atoms with Crippen molar-refractivity contribution < 1.29 is 9.13 Å². The Labute approximate surface area is 156 Å². The number of H-pyrrole nitrogens is 1. The summed E-state index contributed by atoms with van der Waals surface area (Å²) >= 11 is 5.20. The fourth-order valence-electron chi connectivity index (χ4n) is 2.32. The highest BCUT2D eigenvalue weighted by atomic mass is 32.1. The second-order valence-corrected chi connectivity index (χ2v) is 6.05. The Balaban J connectivity index is 1.80. The van der Waals surface area contributed by atoms with Gasteiger partial charge in [-0.25, -0.2) is 9.49 Å². The molecule has 0 saturated heterocycles. The summed E-state index contributed by atoms with van der Waals surface area (Å²) in [5.74, 6) is 0.762. The lowest BCUT2D eigenvalue weighted by atomic mass is 10.2. The van der Waals surface area contributed by atoms with E-state index in [1.165, 1.54) is 10.7 Å². The molecule has 0 aliphatic heterocycles. The number of hydrogen-bond donors (Lipinski definition) is 1. The van der Waals surface area contributed by atoms with E-state index in [2.05, 4.69) is 22.2 Å². The molecule has 0 atom stereocenters. The second-order valence-electron chi connectivity index (χ2n) is 5.66. The molecule has 3 aromatic rings. The maximum absolute atomic E-state index is 14.0. The molecular formula is C19H19FN4OS. The maximum atomic E-state index is 14.0. The van der Waals surface area contributed by atoms with Crippen LogP contribution in [0.2, 0.25) is 0 Å². The van der Waals surface area contributed by atoms with Crippen LogP contribution in [0.1, 0.15) is 25.3 Å². The van der Waals surface area contributed by atoms with Gasteiger partial charge < -0.3 is 4.74 Å². The molecular weight excluding hydrogens is 351 g/mol. The molecule has 1 heterocycles. The van der Waals surface area contributed by atoms with Crippen molar-refractivity contribution in [3.63, 3.8) is 0 Å². The third-order valence-electron chi connectivity index (χ3n) is 3.73. The highest BCUT2D eigenvalue weighted by molar-refractivity contribution is 7.71. The minimum atomic E-state index is -0.383. The quantitative estimate of drug-likeness (QED) is 0.369. The van der Waals surface area contributed by atoms with Gasteiger partial charge in [0.05, 0.1) is 18.4 Å². The van der Waals surface area contributed by atoms with Gasteiger partial charge in [0.15, 0.2) is 5.82 Å². The van der Waals surface area contributed by atoms with Crippen molar-refractivity contribution >= 4 is 18.4 Å². The Morgan fingerprint density at radius 1 is 1.23 bits per heavy atom. The van der Waals surface area contributed by atoms with Crippen LogP contribution in [0.25, 0.3) is 11.4 Å². The van der Waals surface area contributed by atoms with Crippen LogP contribution in [0, 0.1) is 10.6 Å². The molecule has 5 nitrogen and oxygen atoms in total. The molecule has 0 amide bonds. The Bertz CT molecular complexity index is 947. The standard InChI is InChI=1S/C19H19FN4OS/c1-2-3-12-25-15-10-8-14(9-11-15)13-21-24-18(22-23-19(24)26)16-6-4-5-7-17(16)20/h4-11,13H,2-3,12H2,1H3,(H,23,26)/b21-13-. The lowest BCUT2D eigenvalue weighted by Crippen LogP contribution is -1.98. The fraction of sp³-hybridized carbons (Fsp3) is 0.211. The summed E-state index contributed by atoms with van der Waals surface area (Å²) in [5, 5.41) is 11.1. The van der Waals surface area contributed by atoms with E-state index in [1.807, 2.05) is 24.3 Å². The van der Waals surface area contributed by atoms with Crippen LogP contribution in [0.15, 0.2) is 53.6 Å². The van der Waals surface area contributed by atoms with E-state index in [0.717, 1.165) is 24.2 Å². The lowest BCUT2D eigenvalue weighted by molar-refractivity contribution is 0.309. The normalized spacial score (nSPS) is 11.2. The van der Waals surface area contributed by atoms with E-state index in [0.29, 0.717) is 22.8 Å². The van der Waals surface area contributed by atoms with Gasteiger partial charge in [0.2, 0.25) is 4.77 Å². The van der Waals surface area contributed by atoms with E-state index in [4.69, 9.17) is 17.0 Å². The van der Waals surface area contributed by atoms with Gasteiger partial charge in [0.1, 0.15) is 11.6 Å². The molecule has 0 radical (unpaired) electrons. The zero-order chi connectivity index (χ0) is 18.4. The van der Waals surface area contributed by atoms with Crippen molar-refractivity contribution in [3.05, 3.63) is 64.7 Å². The number of hydrogen-bond acceptors (Lipinski definition) is 4. The van der Waals surface area contributed by atoms with Crippen molar-refractivity contribution in [2.75, 3.05) is 6.61 Å². The first-order valence-electron chi connectivity index (χ1n) is 8.38. The zero-order valence-corrected chi connectivity index (χ0v) is 15.2. The summed E-state index contributed by atoms with van der Waals surface area (Å²) in [6.45, 7) is 2.83. The highest BCUT2D eigenvalue weighted by Crippen LogP contribution is 2.20. The molecule has 0 saturated carbocycles. The van der Waals surface area contributed by atoms with E-state index in [-0.39, 0.29) is 5.82 Å². The molecule has 2 aromatic carbocycles. The predicted molar refractivity (Wildman–Crippen MR) is 103 cm³/mol. The predicted octanol–water partition coefficient (Wildman–Crippen LogP) is 4.81. The minimum Gasteiger partial charge on any atom is -0.494 e. The first kappa shape index (κ1) is 18.0. The van der Waals surface area contributed by atoms with Crippen molar-refractivity contribution in [1.82, 2.24) is 14.9 Å². The number of unbranched alkanes of at least 4 members (excludes halogenated alkanes) is 1. The van der Waals surface area contributed by atoms with Crippen molar-refractivity contribution in [2.45, 2.75) is 19.8 Å². The van der Waals surface area contributed by atoms with Gasteiger partial charge in [0, 0.05) is 0 Å². The molecule has 0 fully saturated rings. The minimum absolute atomic E-state index is 0.291. The van der Waals surface area contributed by atoms with Crippen LogP contribution in [0.4, 0.5) is 4.39 Å². The first-order valence-corrected chi connectivity index (χ1v) is 8.79. The molecule has 0 aliphatic rings. The summed E-state index contributed by atoms with van der Waals surface area (Å²) in [6, 6.07) is 14.0. The van der Waals surface area contributed by atoms with E-state index in [9.17, 15) is 4.39 Å². The van der Waals surface area contributed by atoms with Crippen LogP contribution >= 0.6 is 12.2 Å². The molecule has 7 heteroatoms. The average Bonchev–Trinajstić information content (AvgIpc) is 3.02. The number of benzene rings is 2. The summed E-state index contributed by atoms with van der Waals surface area (Å²) in [7, 11) is 0. The fourth-order valence-corrected chi connectivity index (χ4v) is 2.50. The van der Waals surface area contributed by atoms with Gasteiger partial charge in [-0.05, 0) is 60.6 Å². The summed E-state index contributed by atoms with van der Waals surface area (Å²) in [4.78, 5) is 0. The topological polar surface area (TPSA) is 55.2 Å². The molecule has 0 unspecified atom stereocenters. The number of ether oxygens (including phenoxy) is 1. The lowest BCUT2D eigenvalue weighted by Gasteiger charge is -2.05. The second kappa shape index (κ2) is 8.53. The number of aromatic amines is 1. The largest absolute Gasteiger partial charge is 0.494 e. The van der Waals surface area contributed by atoms with Crippen molar-refractivity contribution in [2.24, 2.45) is 5.10 Å². The van der Waals surface area contributed by atoms with E-state index < -0.39 is 0 Å². The Morgan fingerprint density at radius 3 is 2.73 bits per heavy atom. The SMILES string of the molecule is CCCCOc1ccc(/C=N\n2c(-c3ccccc3F)n[nH]c2=S)cc1. The maximum Gasteiger partial charge on any atom is 0.216 e. The van der Waals surface area contributed by atoms with Crippen LogP contribution in [0.5, 0.6) is 5.75 Å². The number of halogens is 1. The van der Waals surface area contributed by atoms with Gasteiger partial charge in [-0.1, -0.05) is 25.5 Å². The molecule has 0 spiro atoms. The Kier molecular flexibility index (Phi) is 5.91. The first-order chi connectivity index (χ1) is 12.7. The molecule has 0 bridgehead atoms. The van der Waals surface area contributed by atoms with Gasteiger partial charge >= 0.3 is 0 Å². The van der Waals surface area contributed by atoms with Crippen LogP contribution in [-0.4, -0.2) is 27.7 Å². The van der Waals surface area contributed by atoms with Crippen LogP contribution < -0.4 is 4.74 Å². The van der Waals surface area contributed by atoms with Crippen LogP contribution in [-0.2, 0) is 0 Å². The molecule has 0 aliphatic carbocycles. The number of nitrogens with one attached hydrogen (secondary N) is 1. The third-order valence-corrected chi connectivity index (χ3v) is 4.00. The summed E-state index contributed by atoms with van der Waals surface area (Å²) in [6.07, 6.45) is 3.77. The zero-order valence-electron chi connectivity index (χ0n) is 14.4. The Morgan fingerprint density at radius 2 is 2.00 bits per heavy atom.